The molecule has 0 aliphatic carbocycles. The summed E-state index contributed by atoms with van der Waals surface area (Å²) in [6, 6.07) is 9.64. The zero-order valence-electron chi connectivity index (χ0n) is 11.1. The maximum Gasteiger partial charge on any atom is 0.247 e. The van der Waals surface area contributed by atoms with E-state index in [2.05, 4.69) is 15.5 Å². The van der Waals surface area contributed by atoms with E-state index in [0.717, 1.165) is 12.0 Å². The summed E-state index contributed by atoms with van der Waals surface area (Å²) >= 11 is 0. The molecule has 0 saturated heterocycles. The van der Waals surface area contributed by atoms with Crippen LogP contribution >= 0.6 is 0 Å². The molecule has 0 radical (unpaired) electrons. The fourth-order valence-corrected chi connectivity index (χ4v) is 1.59. The molecule has 0 bridgehead atoms. The third-order valence-corrected chi connectivity index (χ3v) is 2.82. The molecule has 2 rings (SSSR count). The minimum Gasteiger partial charge on any atom is -0.420 e. The van der Waals surface area contributed by atoms with Crippen LogP contribution in [-0.2, 0) is 11.2 Å². The van der Waals surface area contributed by atoms with Crippen LogP contribution < -0.4 is 5.32 Å². The number of rotatable bonds is 5. The van der Waals surface area contributed by atoms with Crippen LogP contribution in [0, 0.1) is 0 Å². The molecule has 0 unspecified atom stereocenters. The lowest BCUT2D eigenvalue weighted by atomic mass is 10.2. The fraction of sp³-hybridized carbons (Fsp3) is 0.357. The molecule has 1 heterocycles. The van der Waals surface area contributed by atoms with Gasteiger partial charge in [-0.2, -0.15) is 0 Å². The van der Waals surface area contributed by atoms with Crippen molar-refractivity contribution in [1.82, 2.24) is 15.5 Å². The van der Waals surface area contributed by atoms with Crippen molar-refractivity contribution < 1.29 is 9.21 Å². The Morgan fingerprint density at radius 3 is 2.74 bits per heavy atom. The van der Waals surface area contributed by atoms with E-state index >= 15 is 0 Å². The van der Waals surface area contributed by atoms with Gasteiger partial charge in [-0.1, -0.05) is 25.1 Å². The maximum absolute atomic E-state index is 11.7. The summed E-state index contributed by atoms with van der Waals surface area (Å²) < 4.78 is 5.47. The summed E-state index contributed by atoms with van der Waals surface area (Å²) in [5, 5.41) is 10.7. The van der Waals surface area contributed by atoms with Crippen LogP contribution in [0.2, 0.25) is 0 Å². The van der Waals surface area contributed by atoms with Gasteiger partial charge in [-0.3, -0.25) is 4.79 Å². The Hall–Kier alpha value is -2.17. The number of hydrogen-bond donors (Lipinski definition) is 1. The molecule has 0 spiro atoms. The first-order valence-electron chi connectivity index (χ1n) is 6.36. The van der Waals surface area contributed by atoms with Gasteiger partial charge >= 0.3 is 0 Å². The number of amides is 1. The van der Waals surface area contributed by atoms with Gasteiger partial charge in [0, 0.05) is 11.6 Å². The smallest absolute Gasteiger partial charge is 0.247 e. The average molecular weight is 259 g/mol. The van der Waals surface area contributed by atoms with Gasteiger partial charge in [-0.25, -0.2) is 0 Å². The van der Waals surface area contributed by atoms with Crippen molar-refractivity contribution in [3.8, 4) is 11.5 Å². The monoisotopic (exact) mass is 259 g/mol. The lowest BCUT2D eigenvalue weighted by Crippen LogP contribution is -2.33. The summed E-state index contributed by atoms with van der Waals surface area (Å²) in [7, 11) is 0. The molecule has 0 aliphatic rings. The van der Waals surface area contributed by atoms with Gasteiger partial charge in [-0.15, -0.1) is 10.2 Å². The average Bonchev–Trinajstić information content (AvgIpc) is 2.88. The summed E-state index contributed by atoms with van der Waals surface area (Å²) in [5.41, 5.74) is 0.851. The van der Waals surface area contributed by atoms with Crippen molar-refractivity contribution in [2.45, 2.75) is 32.7 Å². The minimum atomic E-state index is -0.0994. The Balaban J connectivity index is 2.00. The van der Waals surface area contributed by atoms with Crippen LogP contribution in [0.15, 0.2) is 34.7 Å². The number of aromatic nitrogens is 2. The SMILES string of the molecule is CC[C@H](C)NC(=O)Cc1nnc(-c2ccccc2)o1. The first-order valence-corrected chi connectivity index (χ1v) is 6.36. The van der Waals surface area contributed by atoms with Crippen LogP contribution in [0.1, 0.15) is 26.2 Å². The Bertz CT molecular complexity index is 537. The van der Waals surface area contributed by atoms with Gasteiger partial charge < -0.3 is 9.73 Å². The zero-order chi connectivity index (χ0) is 13.7. The van der Waals surface area contributed by atoms with E-state index in [0.29, 0.717) is 11.8 Å². The van der Waals surface area contributed by atoms with Crippen LogP contribution in [0.25, 0.3) is 11.5 Å². The van der Waals surface area contributed by atoms with Crippen molar-refractivity contribution in [1.29, 1.82) is 0 Å². The Morgan fingerprint density at radius 2 is 2.05 bits per heavy atom. The van der Waals surface area contributed by atoms with Gasteiger partial charge in [0.2, 0.25) is 17.7 Å². The normalized spacial score (nSPS) is 12.1. The zero-order valence-corrected chi connectivity index (χ0v) is 11.1. The Labute approximate surface area is 112 Å². The van der Waals surface area contributed by atoms with Crippen molar-refractivity contribution >= 4 is 5.91 Å². The second-order valence-corrected chi connectivity index (χ2v) is 4.42. The second-order valence-electron chi connectivity index (χ2n) is 4.42. The van der Waals surface area contributed by atoms with E-state index < -0.39 is 0 Å². The number of benzene rings is 1. The molecule has 0 fully saturated rings. The molecule has 1 aromatic heterocycles. The molecule has 19 heavy (non-hydrogen) atoms. The molecule has 5 nitrogen and oxygen atoms in total. The highest BCUT2D eigenvalue weighted by Gasteiger charge is 2.13. The van der Waals surface area contributed by atoms with E-state index in [4.69, 9.17) is 4.42 Å². The molecule has 1 aromatic carbocycles. The molecular weight excluding hydrogens is 242 g/mol. The van der Waals surface area contributed by atoms with E-state index in [1.54, 1.807) is 0 Å². The quantitative estimate of drug-likeness (QED) is 0.893. The molecule has 0 aliphatic heterocycles. The second kappa shape index (κ2) is 6.13. The van der Waals surface area contributed by atoms with E-state index in [1.807, 2.05) is 44.2 Å². The molecule has 100 valence electrons. The highest BCUT2D eigenvalue weighted by molar-refractivity contribution is 5.77. The Kier molecular flexibility index (Phi) is 4.28. The predicted octanol–water partition coefficient (Wildman–Crippen LogP) is 2.19. The maximum atomic E-state index is 11.7. The molecule has 2 aromatic rings. The molecule has 1 N–H and O–H groups in total. The van der Waals surface area contributed by atoms with E-state index in [-0.39, 0.29) is 18.4 Å². The first kappa shape index (κ1) is 13.3. The van der Waals surface area contributed by atoms with Crippen LogP contribution in [0.4, 0.5) is 0 Å². The van der Waals surface area contributed by atoms with Crippen LogP contribution in [-0.4, -0.2) is 22.1 Å². The summed E-state index contributed by atoms with van der Waals surface area (Å²) in [4.78, 5) is 11.7. The van der Waals surface area contributed by atoms with Crippen molar-refractivity contribution in [3.63, 3.8) is 0 Å². The molecule has 0 saturated carbocycles. The molecule has 1 amide bonds. The van der Waals surface area contributed by atoms with Crippen molar-refractivity contribution in [2.75, 3.05) is 0 Å². The van der Waals surface area contributed by atoms with E-state index in [9.17, 15) is 4.79 Å². The topological polar surface area (TPSA) is 68.0 Å². The highest BCUT2D eigenvalue weighted by Crippen LogP contribution is 2.16. The predicted molar refractivity (Wildman–Crippen MR) is 71.3 cm³/mol. The number of nitrogens with zero attached hydrogens (tertiary/aromatic N) is 2. The lowest BCUT2D eigenvalue weighted by Gasteiger charge is -2.09. The van der Waals surface area contributed by atoms with Crippen LogP contribution in [0.3, 0.4) is 0 Å². The number of carbonyl (C=O) groups excluding carboxylic acids is 1. The minimum absolute atomic E-state index is 0.0994. The number of carbonyl (C=O) groups is 1. The van der Waals surface area contributed by atoms with E-state index in [1.165, 1.54) is 0 Å². The molecule has 1 atom stereocenters. The van der Waals surface area contributed by atoms with Gasteiger partial charge in [0.15, 0.2) is 0 Å². The third kappa shape index (κ3) is 3.64. The van der Waals surface area contributed by atoms with Crippen LogP contribution in [0.5, 0.6) is 0 Å². The first-order chi connectivity index (χ1) is 9.19. The lowest BCUT2D eigenvalue weighted by molar-refractivity contribution is -0.121. The van der Waals surface area contributed by atoms with Gasteiger partial charge in [0.1, 0.15) is 6.42 Å². The summed E-state index contributed by atoms with van der Waals surface area (Å²) in [6.45, 7) is 3.98. The largest absolute Gasteiger partial charge is 0.420 e. The van der Waals surface area contributed by atoms with Gasteiger partial charge in [0.05, 0.1) is 0 Å². The summed E-state index contributed by atoms with van der Waals surface area (Å²) in [6.07, 6.45) is 1.01. The highest BCUT2D eigenvalue weighted by atomic mass is 16.4. The molecule has 5 heteroatoms. The molecular formula is C14H17N3O2. The standard InChI is InChI=1S/C14H17N3O2/c1-3-10(2)15-12(18)9-13-16-17-14(19-13)11-7-5-4-6-8-11/h4-8,10H,3,9H2,1-2H3,(H,15,18)/t10-/m0/s1. The number of nitrogens with one attached hydrogen (secondary N) is 1. The number of hydrogen-bond acceptors (Lipinski definition) is 4. The third-order valence-electron chi connectivity index (χ3n) is 2.82. The fourth-order valence-electron chi connectivity index (χ4n) is 1.59. The van der Waals surface area contributed by atoms with Gasteiger partial charge in [0.25, 0.3) is 0 Å². The van der Waals surface area contributed by atoms with Crippen molar-refractivity contribution in [2.24, 2.45) is 0 Å². The Morgan fingerprint density at radius 1 is 1.32 bits per heavy atom. The van der Waals surface area contributed by atoms with Crippen molar-refractivity contribution in [3.05, 3.63) is 36.2 Å². The van der Waals surface area contributed by atoms with Gasteiger partial charge in [-0.05, 0) is 25.5 Å². The summed E-state index contributed by atoms with van der Waals surface area (Å²) in [5.74, 6) is 0.671.